The van der Waals surface area contributed by atoms with Crippen LogP contribution in [0.25, 0.3) is 11.1 Å². The predicted molar refractivity (Wildman–Crippen MR) is 91.0 cm³/mol. The van der Waals surface area contributed by atoms with E-state index in [0.29, 0.717) is 29.9 Å². The highest BCUT2D eigenvalue weighted by Gasteiger charge is 2.39. The van der Waals surface area contributed by atoms with Crippen molar-refractivity contribution in [2.24, 2.45) is 0 Å². The molecule has 0 spiro atoms. The Balaban J connectivity index is 2.02. The maximum atomic E-state index is 12.7. The van der Waals surface area contributed by atoms with Gasteiger partial charge in [-0.1, -0.05) is 18.2 Å². The van der Waals surface area contributed by atoms with Gasteiger partial charge in [0.2, 0.25) is 0 Å². The van der Waals surface area contributed by atoms with Gasteiger partial charge in [-0.2, -0.15) is 13.2 Å². The Morgan fingerprint density at radius 1 is 1.08 bits per heavy atom. The minimum Gasteiger partial charge on any atom is -0.379 e. The third-order valence-electron chi connectivity index (χ3n) is 4.46. The molecule has 0 aromatic heterocycles. The highest BCUT2D eigenvalue weighted by molar-refractivity contribution is 5.75. The van der Waals surface area contributed by atoms with Gasteiger partial charge in [-0.25, -0.2) is 0 Å². The Bertz CT molecular complexity index is 818. The Hall–Kier alpha value is -2.61. The molecule has 138 valence electrons. The lowest BCUT2D eigenvalue weighted by atomic mass is 9.99. The van der Waals surface area contributed by atoms with E-state index in [9.17, 15) is 28.4 Å². The molecule has 1 aliphatic rings. The number of anilines is 1. The fourth-order valence-corrected chi connectivity index (χ4v) is 3.15. The number of halogens is 3. The van der Waals surface area contributed by atoms with Crippen molar-refractivity contribution < 1.29 is 23.2 Å². The first kappa shape index (κ1) is 18.2. The number of nitro benzene ring substituents is 1. The lowest BCUT2D eigenvalue weighted by Crippen LogP contribution is -2.20. The Kier molecular flexibility index (Phi) is 4.86. The van der Waals surface area contributed by atoms with Crippen LogP contribution in [0.4, 0.5) is 24.5 Å². The van der Waals surface area contributed by atoms with Gasteiger partial charge in [0.05, 0.1) is 4.92 Å². The lowest BCUT2D eigenvalue weighted by Gasteiger charge is -2.19. The fourth-order valence-electron chi connectivity index (χ4n) is 3.15. The van der Waals surface area contributed by atoms with Gasteiger partial charge >= 0.3 is 6.18 Å². The van der Waals surface area contributed by atoms with Crippen molar-refractivity contribution in [1.82, 2.24) is 0 Å². The zero-order valence-corrected chi connectivity index (χ0v) is 13.7. The number of aliphatic hydroxyl groups is 1. The molecule has 1 heterocycles. The van der Waals surface area contributed by atoms with Gasteiger partial charge in [0.25, 0.3) is 5.69 Å². The van der Waals surface area contributed by atoms with Gasteiger partial charge in [-0.15, -0.1) is 0 Å². The Morgan fingerprint density at radius 3 is 2.35 bits per heavy atom. The predicted octanol–water partition coefficient (Wildman–Crippen LogP) is 4.46. The summed E-state index contributed by atoms with van der Waals surface area (Å²) >= 11 is 0. The van der Waals surface area contributed by atoms with Gasteiger partial charge in [0.1, 0.15) is 5.69 Å². The van der Waals surface area contributed by atoms with Crippen LogP contribution in [0.1, 0.15) is 24.5 Å². The average Bonchev–Trinajstić information content (AvgIpc) is 3.14. The smallest absolute Gasteiger partial charge is 0.379 e. The molecule has 1 unspecified atom stereocenters. The van der Waals surface area contributed by atoms with Gasteiger partial charge < -0.3 is 10.0 Å². The normalized spacial score (nSPS) is 15.9. The minimum atomic E-state index is -4.76. The van der Waals surface area contributed by atoms with Gasteiger partial charge in [0.15, 0.2) is 6.10 Å². The second-order valence-electron chi connectivity index (χ2n) is 6.22. The molecular formula is C18H17F3N2O3. The van der Waals surface area contributed by atoms with Crippen molar-refractivity contribution in [3.8, 4) is 11.1 Å². The molecule has 3 rings (SSSR count). The van der Waals surface area contributed by atoms with E-state index in [2.05, 4.69) is 0 Å². The summed E-state index contributed by atoms with van der Waals surface area (Å²) in [4.78, 5) is 12.8. The number of alkyl halides is 3. The zero-order chi connectivity index (χ0) is 18.9. The summed E-state index contributed by atoms with van der Waals surface area (Å²) in [5, 5.41) is 20.8. The fraction of sp³-hybridized carbons (Fsp3) is 0.333. The molecule has 5 nitrogen and oxygen atoms in total. The average molecular weight is 366 g/mol. The first-order valence-electron chi connectivity index (χ1n) is 8.16. The molecule has 0 bridgehead atoms. The number of nitrogens with zero attached hydrogens (tertiary/aromatic N) is 2. The molecule has 0 amide bonds. The molecule has 1 aliphatic heterocycles. The van der Waals surface area contributed by atoms with Crippen LogP contribution in [0.15, 0.2) is 42.5 Å². The molecule has 2 aromatic rings. The zero-order valence-electron chi connectivity index (χ0n) is 13.7. The van der Waals surface area contributed by atoms with Crippen molar-refractivity contribution in [3.05, 3.63) is 58.1 Å². The molecule has 0 radical (unpaired) electrons. The molecule has 1 N–H and O–H groups in total. The van der Waals surface area contributed by atoms with E-state index in [1.54, 1.807) is 12.1 Å². The molecule has 26 heavy (non-hydrogen) atoms. The maximum Gasteiger partial charge on any atom is 0.418 e. The van der Waals surface area contributed by atoms with E-state index >= 15 is 0 Å². The van der Waals surface area contributed by atoms with Gasteiger partial charge in [-0.05, 0) is 47.7 Å². The Morgan fingerprint density at radius 2 is 1.73 bits per heavy atom. The first-order valence-corrected chi connectivity index (χ1v) is 8.16. The number of rotatable bonds is 4. The highest BCUT2D eigenvalue weighted by Crippen LogP contribution is 2.37. The molecule has 2 aromatic carbocycles. The van der Waals surface area contributed by atoms with Crippen LogP contribution in [0.3, 0.4) is 0 Å². The number of hydrogen-bond donors (Lipinski definition) is 1. The van der Waals surface area contributed by atoms with Crippen molar-refractivity contribution in [3.63, 3.8) is 0 Å². The monoisotopic (exact) mass is 366 g/mol. The third kappa shape index (κ3) is 3.65. The molecule has 8 heteroatoms. The molecular weight excluding hydrogens is 349 g/mol. The van der Waals surface area contributed by atoms with Crippen LogP contribution in [0.2, 0.25) is 0 Å². The molecule has 1 atom stereocenters. The van der Waals surface area contributed by atoms with Gasteiger partial charge in [0, 0.05) is 19.2 Å². The van der Waals surface area contributed by atoms with Crippen LogP contribution in [-0.4, -0.2) is 29.3 Å². The van der Waals surface area contributed by atoms with E-state index in [-0.39, 0.29) is 11.3 Å². The van der Waals surface area contributed by atoms with Crippen molar-refractivity contribution >= 4 is 11.4 Å². The quantitative estimate of drug-likeness (QED) is 0.641. The molecule has 1 fully saturated rings. The summed E-state index contributed by atoms with van der Waals surface area (Å²) in [5.41, 5.74) is 1.19. The number of nitro groups is 1. The minimum absolute atomic E-state index is 0.0258. The van der Waals surface area contributed by atoms with Crippen LogP contribution < -0.4 is 4.90 Å². The van der Waals surface area contributed by atoms with E-state index in [1.807, 2.05) is 4.90 Å². The number of benzene rings is 2. The summed E-state index contributed by atoms with van der Waals surface area (Å²) in [6, 6.07) is 10.0. The van der Waals surface area contributed by atoms with E-state index < -0.39 is 17.2 Å². The summed E-state index contributed by atoms with van der Waals surface area (Å²) in [5.74, 6) is 0. The standard InChI is InChI=1S/C18H17F3N2O3/c19-18(20,21)17(24)14-5-3-4-12(10-14)13-6-7-15(23(25)26)16(11-13)22-8-1-2-9-22/h3-7,10-11,17,24H,1-2,8-9H2. The molecule has 1 saturated heterocycles. The highest BCUT2D eigenvalue weighted by atomic mass is 19.4. The summed E-state index contributed by atoms with van der Waals surface area (Å²) in [6.07, 6.45) is -5.45. The second-order valence-corrected chi connectivity index (χ2v) is 6.22. The third-order valence-corrected chi connectivity index (χ3v) is 4.46. The van der Waals surface area contributed by atoms with E-state index in [4.69, 9.17) is 0 Å². The summed E-state index contributed by atoms with van der Waals surface area (Å²) in [6.45, 7) is 1.41. The van der Waals surface area contributed by atoms with Crippen molar-refractivity contribution in [2.75, 3.05) is 18.0 Å². The lowest BCUT2D eigenvalue weighted by molar-refractivity contribution is -0.384. The van der Waals surface area contributed by atoms with Crippen LogP contribution >= 0.6 is 0 Å². The van der Waals surface area contributed by atoms with Crippen molar-refractivity contribution in [2.45, 2.75) is 25.1 Å². The number of hydrogen-bond acceptors (Lipinski definition) is 4. The Labute approximate surface area is 147 Å². The second kappa shape index (κ2) is 6.95. The summed E-state index contributed by atoms with van der Waals surface area (Å²) in [7, 11) is 0. The van der Waals surface area contributed by atoms with E-state index in [1.165, 1.54) is 30.3 Å². The summed E-state index contributed by atoms with van der Waals surface area (Å²) < 4.78 is 38.2. The SMILES string of the molecule is O=[N+]([O-])c1ccc(-c2cccc(C(O)C(F)(F)F)c2)cc1N1CCCC1. The van der Waals surface area contributed by atoms with Crippen LogP contribution in [-0.2, 0) is 0 Å². The van der Waals surface area contributed by atoms with E-state index in [0.717, 1.165) is 12.8 Å². The van der Waals surface area contributed by atoms with Crippen LogP contribution in [0.5, 0.6) is 0 Å². The first-order chi connectivity index (χ1) is 12.3. The van der Waals surface area contributed by atoms with Gasteiger partial charge in [-0.3, -0.25) is 10.1 Å². The van der Waals surface area contributed by atoms with Crippen LogP contribution in [0, 0.1) is 10.1 Å². The largest absolute Gasteiger partial charge is 0.418 e. The molecule has 0 saturated carbocycles. The maximum absolute atomic E-state index is 12.7. The van der Waals surface area contributed by atoms with Crippen molar-refractivity contribution in [1.29, 1.82) is 0 Å². The topological polar surface area (TPSA) is 66.6 Å². The number of aliphatic hydroxyl groups excluding tert-OH is 1. The molecule has 0 aliphatic carbocycles.